The highest BCUT2D eigenvalue weighted by Crippen LogP contribution is 2.34. The molecule has 186 valence electrons. The zero-order chi connectivity index (χ0) is 25.4. The number of benzene rings is 2. The van der Waals surface area contributed by atoms with Gasteiger partial charge in [0.2, 0.25) is 0 Å². The topological polar surface area (TPSA) is 78.7 Å². The fourth-order valence-electron chi connectivity index (χ4n) is 4.20. The number of halogens is 3. The number of phenolic OH excluding ortho intramolecular Hbond substituents is 1. The highest BCUT2D eigenvalue weighted by molar-refractivity contribution is 5.96. The molecule has 0 bridgehead atoms. The molecule has 0 atom stereocenters. The molecule has 5 rings (SSSR count). The Balaban J connectivity index is 1.56. The Kier molecular flexibility index (Phi) is 6.07. The first-order valence-electron chi connectivity index (χ1n) is 11.7. The largest absolute Gasteiger partial charge is 0.507 e. The van der Waals surface area contributed by atoms with Crippen LogP contribution in [0.1, 0.15) is 35.2 Å². The number of aromatic nitrogens is 2. The molecule has 1 amide bonds. The number of pyridine rings is 1. The molecule has 1 saturated carbocycles. The summed E-state index contributed by atoms with van der Waals surface area (Å²) in [5, 5.41) is 16.3. The molecule has 0 saturated heterocycles. The van der Waals surface area contributed by atoms with Crippen molar-refractivity contribution in [2.24, 2.45) is 0 Å². The summed E-state index contributed by atoms with van der Waals surface area (Å²) >= 11 is 0. The number of hydrogen-bond donors (Lipinski definition) is 3. The standard InChI is InChI=1S/C27H25F3N4O2/c1-16-12-17(6-9-20(16)26(36)33-19-7-8-19)23-14-32-25-22(31-11-10-27(28,29)30)13-18(15-34(23)25)21-4-2-3-5-24(21)35/h2-6,9,12-15,19,31,35H,7-8,10-11H2,1H3,(H,33,36). The number of rotatable bonds is 7. The lowest BCUT2D eigenvalue weighted by molar-refractivity contribution is -0.131. The first-order valence-corrected chi connectivity index (χ1v) is 11.7. The van der Waals surface area contributed by atoms with E-state index in [1.807, 2.05) is 19.1 Å². The number of carbonyl (C=O) groups excluding carboxylic acids is 1. The van der Waals surface area contributed by atoms with Crippen molar-refractivity contribution in [1.29, 1.82) is 0 Å². The highest BCUT2D eigenvalue weighted by atomic mass is 19.4. The van der Waals surface area contributed by atoms with Crippen molar-refractivity contribution < 1.29 is 23.1 Å². The molecule has 1 aliphatic carbocycles. The van der Waals surface area contributed by atoms with E-state index in [1.54, 1.807) is 53.2 Å². The minimum Gasteiger partial charge on any atom is -0.507 e. The van der Waals surface area contributed by atoms with Gasteiger partial charge in [-0.15, -0.1) is 0 Å². The van der Waals surface area contributed by atoms with Gasteiger partial charge in [-0.25, -0.2) is 4.98 Å². The highest BCUT2D eigenvalue weighted by Gasteiger charge is 2.27. The van der Waals surface area contributed by atoms with Crippen LogP contribution in [-0.4, -0.2) is 39.2 Å². The molecule has 2 heterocycles. The van der Waals surface area contributed by atoms with Crippen molar-refractivity contribution in [3.8, 4) is 28.1 Å². The van der Waals surface area contributed by atoms with E-state index < -0.39 is 12.6 Å². The van der Waals surface area contributed by atoms with E-state index in [0.29, 0.717) is 33.7 Å². The van der Waals surface area contributed by atoms with E-state index in [2.05, 4.69) is 15.6 Å². The molecule has 9 heteroatoms. The number of nitrogens with zero attached hydrogens (tertiary/aromatic N) is 2. The van der Waals surface area contributed by atoms with E-state index in [1.165, 1.54) is 0 Å². The first-order chi connectivity index (χ1) is 17.2. The molecule has 1 fully saturated rings. The molecule has 0 spiro atoms. The van der Waals surface area contributed by atoms with Crippen molar-refractivity contribution in [2.75, 3.05) is 11.9 Å². The number of amides is 1. The lowest BCUT2D eigenvalue weighted by atomic mass is 10.0. The molecule has 0 unspecified atom stereocenters. The van der Waals surface area contributed by atoms with E-state index in [0.717, 1.165) is 24.0 Å². The number of nitrogens with one attached hydrogen (secondary N) is 2. The number of hydrogen-bond acceptors (Lipinski definition) is 4. The quantitative estimate of drug-likeness (QED) is 0.297. The average molecular weight is 495 g/mol. The fraction of sp³-hybridized carbons (Fsp3) is 0.259. The maximum absolute atomic E-state index is 12.8. The third-order valence-electron chi connectivity index (χ3n) is 6.22. The maximum atomic E-state index is 12.8. The van der Waals surface area contributed by atoms with Crippen LogP contribution in [0.25, 0.3) is 28.0 Å². The van der Waals surface area contributed by atoms with E-state index in [-0.39, 0.29) is 24.2 Å². The zero-order valence-corrected chi connectivity index (χ0v) is 19.6. The molecule has 4 aromatic rings. The molecule has 1 aliphatic rings. The third kappa shape index (κ3) is 5.00. The van der Waals surface area contributed by atoms with Crippen molar-refractivity contribution in [3.63, 3.8) is 0 Å². The summed E-state index contributed by atoms with van der Waals surface area (Å²) in [6, 6.07) is 14.2. The second kappa shape index (κ2) is 9.22. The van der Waals surface area contributed by atoms with Crippen LogP contribution >= 0.6 is 0 Å². The summed E-state index contributed by atoms with van der Waals surface area (Å²) in [7, 11) is 0. The Morgan fingerprint density at radius 2 is 1.92 bits per heavy atom. The fourth-order valence-corrected chi connectivity index (χ4v) is 4.20. The van der Waals surface area contributed by atoms with Gasteiger partial charge in [-0.05, 0) is 49.6 Å². The van der Waals surface area contributed by atoms with Crippen LogP contribution in [0.2, 0.25) is 0 Å². The summed E-state index contributed by atoms with van der Waals surface area (Å²) in [6.07, 6.45) is 0.177. The Labute approximate surface area is 205 Å². The second-order valence-electron chi connectivity index (χ2n) is 9.07. The Morgan fingerprint density at radius 1 is 1.14 bits per heavy atom. The minimum absolute atomic E-state index is 0.0571. The zero-order valence-electron chi connectivity index (χ0n) is 19.6. The number of fused-ring (bicyclic) bond motifs is 1. The average Bonchev–Trinajstić information content (AvgIpc) is 3.53. The molecular formula is C27H25F3N4O2. The van der Waals surface area contributed by atoms with E-state index in [9.17, 15) is 23.1 Å². The van der Waals surface area contributed by atoms with Gasteiger partial charge >= 0.3 is 6.18 Å². The molecule has 0 radical (unpaired) electrons. The lowest BCUT2D eigenvalue weighted by Crippen LogP contribution is -2.26. The number of alkyl halides is 3. The van der Waals surface area contributed by atoms with E-state index in [4.69, 9.17) is 0 Å². The van der Waals surface area contributed by atoms with Gasteiger partial charge in [-0.2, -0.15) is 13.2 Å². The van der Waals surface area contributed by atoms with Gasteiger partial charge in [-0.3, -0.25) is 9.20 Å². The number of aryl methyl sites for hydroxylation is 1. The van der Waals surface area contributed by atoms with Crippen LogP contribution in [0.15, 0.2) is 60.9 Å². The van der Waals surface area contributed by atoms with Crippen molar-refractivity contribution in [3.05, 3.63) is 72.1 Å². The number of carbonyl (C=O) groups is 1. The van der Waals surface area contributed by atoms with Gasteiger partial charge in [-0.1, -0.05) is 24.3 Å². The number of phenols is 1. The minimum atomic E-state index is -4.29. The molecule has 2 aromatic heterocycles. The van der Waals surface area contributed by atoms with Crippen molar-refractivity contribution >= 4 is 17.2 Å². The van der Waals surface area contributed by atoms with Gasteiger partial charge in [0.05, 0.1) is 24.0 Å². The Bertz CT molecular complexity index is 1440. The van der Waals surface area contributed by atoms with Crippen LogP contribution < -0.4 is 10.6 Å². The predicted molar refractivity (Wildman–Crippen MR) is 132 cm³/mol. The molecule has 2 aromatic carbocycles. The lowest BCUT2D eigenvalue weighted by Gasteiger charge is -2.14. The van der Waals surface area contributed by atoms with Gasteiger partial charge in [0.15, 0.2) is 5.65 Å². The van der Waals surface area contributed by atoms with Crippen LogP contribution in [-0.2, 0) is 0 Å². The Hall–Kier alpha value is -4.01. The van der Waals surface area contributed by atoms with Crippen LogP contribution in [0, 0.1) is 6.92 Å². The molecule has 6 nitrogen and oxygen atoms in total. The number of para-hydroxylation sites is 1. The smallest absolute Gasteiger partial charge is 0.390 e. The summed E-state index contributed by atoms with van der Waals surface area (Å²) in [6.45, 7) is 1.56. The third-order valence-corrected chi connectivity index (χ3v) is 6.22. The number of imidazole rings is 1. The van der Waals surface area contributed by atoms with Gasteiger partial charge in [0.1, 0.15) is 5.75 Å². The first kappa shape index (κ1) is 23.7. The van der Waals surface area contributed by atoms with Crippen molar-refractivity contribution in [2.45, 2.75) is 38.4 Å². The summed E-state index contributed by atoms with van der Waals surface area (Å²) in [4.78, 5) is 17.0. The number of anilines is 1. The summed E-state index contributed by atoms with van der Waals surface area (Å²) < 4.78 is 40.1. The van der Waals surface area contributed by atoms with Crippen molar-refractivity contribution in [1.82, 2.24) is 14.7 Å². The van der Waals surface area contributed by atoms with Crippen LogP contribution in [0.3, 0.4) is 0 Å². The molecule has 36 heavy (non-hydrogen) atoms. The monoisotopic (exact) mass is 494 g/mol. The normalized spacial score (nSPS) is 13.7. The van der Waals surface area contributed by atoms with Gasteiger partial charge < -0.3 is 15.7 Å². The molecule has 3 N–H and O–H groups in total. The Morgan fingerprint density at radius 3 is 2.61 bits per heavy atom. The number of aromatic hydroxyl groups is 1. The molecular weight excluding hydrogens is 469 g/mol. The summed E-state index contributed by atoms with van der Waals surface area (Å²) in [5.74, 6) is -0.0423. The summed E-state index contributed by atoms with van der Waals surface area (Å²) in [5.41, 5.74) is 4.96. The van der Waals surface area contributed by atoms with Crippen LogP contribution in [0.4, 0.5) is 18.9 Å². The second-order valence-corrected chi connectivity index (χ2v) is 9.07. The molecule has 0 aliphatic heterocycles. The van der Waals surface area contributed by atoms with Gasteiger partial charge in [0, 0.05) is 41.0 Å². The maximum Gasteiger partial charge on any atom is 0.390 e. The predicted octanol–water partition coefficient (Wildman–Crippen LogP) is 5.94. The van der Waals surface area contributed by atoms with E-state index >= 15 is 0 Å². The SMILES string of the molecule is Cc1cc(-c2cnc3c(NCCC(F)(F)F)cc(-c4ccccc4O)cn23)ccc1C(=O)NC1CC1. The van der Waals surface area contributed by atoms with Crippen LogP contribution in [0.5, 0.6) is 5.75 Å². The van der Waals surface area contributed by atoms with Gasteiger partial charge in [0.25, 0.3) is 5.91 Å².